The lowest BCUT2D eigenvalue weighted by molar-refractivity contribution is -0.385. The van der Waals surface area contributed by atoms with Crippen LogP contribution in [0.3, 0.4) is 0 Å². The molecular formula is C22H23N3O6. The molecule has 2 aromatic rings. The van der Waals surface area contributed by atoms with Crippen molar-refractivity contribution in [3.05, 3.63) is 69.3 Å². The maximum absolute atomic E-state index is 13.4. The summed E-state index contributed by atoms with van der Waals surface area (Å²) in [5.74, 6) is -1.00. The average molecular weight is 425 g/mol. The molecule has 1 heterocycles. The van der Waals surface area contributed by atoms with E-state index in [1.807, 2.05) is 0 Å². The highest BCUT2D eigenvalue weighted by Crippen LogP contribution is 2.26. The summed E-state index contributed by atoms with van der Waals surface area (Å²) in [7, 11) is 0. The number of amides is 2. The second-order valence-electron chi connectivity index (χ2n) is 7.11. The van der Waals surface area contributed by atoms with Crippen molar-refractivity contribution in [2.24, 2.45) is 0 Å². The molecule has 1 fully saturated rings. The molecule has 0 bridgehead atoms. The van der Waals surface area contributed by atoms with Gasteiger partial charge in [0, 0.05) is 35.8 Å². The fraction of sp³-hybridized carbons (Fsp3) is 0.318. The van der Waals surface area contributed by atoms with Gasteiger partial charge >= 0.3 is 5.97 Å². The van der Waals surface area contributed by atoms with Gasteiger partial charge in [-0.15, -0.1) is 0 Å². The number of nitro benzene ring substituents is 1. The van der Waals surface area contributed by atoms with Crippen molar-refractivity contribution in [3.8, 4) is 0 Å². The molecule has 2 amide bonds. The molecule has 0 unspecified atom stereocenters. The molecule has 1 saturated heterocycles. The molecule has 0 N–H and O–H groups in total. The monoisotopic (exact) mass is 425 g/mol. The summed E-state index contributed by atoms with van der Waals surface area (Å²) in [6, 6.07) is 10.6. The van der Waals surface area contributed by atoms with Crippen LogP contribution in [0.1, 0.15) is 46.0 Å². The third-order valence-corrected chi connectivity index (χ3v) is 5.15. The molecule has 162 valence electrons. The van der Waals surface area contributed by atoms with Gasteiger partial charge in [0.2, 0.25) is 5.91 Å². The van der Waals surface area contributed by atoms with Gasteiger partial charge in [-0.1, -0.05) is 6.07 Å². The Kier molecular flexibility index (Phi) is 6.64. The molecule has 0 spiro atoms. The number of nitrogens with zero attached hydrogens (tertiary/aromatic N) is 3. The van der Waals surface area contributed by atoms with Gasteiger partial charge in [-0.25, -0.2) is 4.79 Å². The van der Waals surface area contributed by atoms with Crippen molar-refractivity contribution in [3.63, 3.8) is 0 Å². The standard InChI is InChI=1S/C22H23N3O6/c1-3-31-22(28)16-9-11-17(12-10-16)24(14-23-13-5-8-20(23)26)21(27)18-6-4-7-19(15(18)2)25(29)30/h4,6-7,9-12H,3,5,8,13-14H2,1-2H3. The molecule has 2 aromatic carbocycles. The molecule has 0 saturated carbocycles. The minimum absolute atomic E-state index is 0.0125. The highest BCUT2D eigenvalue weighted by molar-refractivity contribution is 6.08. The molecule has 9 heteroatoms. The zero-order chi connectivity index (χ0) is 22.5. The second-order valence-corrected chi connectivity index (χ2v) is 7.11. The van der Waals surface area contributed by atoms with Gasteiger partial charge in [-0.2, -0.15) is 0 Å². The minimum atomic E-state index is -0.533. The maximum atomic E-state index is 13.4. The van der Waals surface area contributed by atoms with Crippen molar-refractivity contribution < 1.29 is 24.0 Å². The van der Waals surface area contributed by atoms with Crippen LogP contribution in [0.5, 0.6) is 0 Å². The van der Waals surface area contributed by atoms with Crippen molar-refractivity contribution in [1.82, 2.24) is 4.90 Å². The Labute approximate surface area is 179 Å². The van der Waals surface area contributed by atoms with E-state index >= 15 is 0 Å². The summed E-state index contributed by atoms with van der Waals surface area (Å²) in [5.41, 5.74) is 1.07. The van der Waals surface area contributed by atoms with Gasteiger partial charge in [-0.3, -0.25) is 24.6 Å². The highest BCUT2D eigenvalue weighted by Gasteiger charge is 2.28. The molecule has 31 heavy (non-hydrogen) atoms. The molecule has 1 aliphatic rings. The Bertz CT molecular complexity index is 1020. The summed E-state index contributed by atoms with van der Waals surface area (Å²) in [6.45, 7) is 4.01. The number of benzene rings is 2. The number of rotatable bonds is 7. The Balaban J connectivity index is 1.98. The number of ether oxygens (including phenoxy) is 1. The maximum Gasteiger partial charge on any atom is 0.338 e. The molecule has 9 nitrogen and oxygen atoms in total. The van der Waals surface area contributed by atoms with Crippen molar-refractivity contribution >= 4 is 29.2 Å². The fourth-order valence-corrected chi connectivity index (χ4v) is 3.48. The quantitative estimate of drug-likeness (QED) is 0.382. The number of esters is 1. The van der Waals surface area contributed by atoms with E-state index in [1.165, 1.54) is 30.0 Å². The SMILES string of the molecule is CCOC(=O)c1ccc(N(CN2CCCC2=O)C(=O)c2cccc([N+](=O)[O-])c2C)cc1. The van der Waals surface area contributed by atoms with E-state index in [2.05, 4.69) is 0 Å². The van der Waals surface area contributed by atoms with Crippen LogP contribution in [0.4, 0.5) is 11.4 Å². The Morgan fingerprint density at radius 3 is 2.48 bits per heavy atom. The smallest absolute Gasteiger partial charge is 0.338 e. The predicted molar refractivity (Wildman–Crippen MR) is 113 cm³/mol. The lowest BCUT2D eigenvalue weighted by Crippen LogP contribution is -2.42. The lowest BCUT2D eigenvalue weighted by Gasteiger charge is -2.28. The molecule has 0 aromatic heterocycles. The van der Waals surface area contributed by atoms with Crippen LogP contribution in [0.15, 0.2) is 42.5 Å². The number of likely N-dealkylation sites (tertiary alicyclic amines) is 1. The summed E-state index contributed by atoms with van der Waals surface area (Å²) in [4.78, 5) is 51.3. The third kappa shape index (κ3) is 4.71. The van der Waals surface area contributed by atoms with Crippen LogP contribution in [-0.2, 0) is 9.53 Å². The fourth-order valence-electron chi connectivity index (χ4n) is 3.48. The summed E-state index contributed by atoms with van der Waals surface area (Å²) in [5, 5.41) is 11.3. The molecule has 3 rings (SSSR count). The lowest BCUT2D eigenvalue weighted by atomic mass is 10.1. The normalized spacial score (nSPS) is 13.2. The number of carbonyl (C=O) groups excluding carboxylic acids is 3. The number of hydrogen-bond acceptors (Lipinski definition) is 6. The summed E-state index contributed by atoms with van der Waals surface area (Å²) >= 11 is 0. The molecule has 0 aliphatic carbocycles. The predicted octanol–water partition coefficient (Wildman–Crippen LogP) is 3.31. The van der Waals surface area contributed by atoms with E-state index in [1.54, 1.807) is 36.1 Å². The summed E-state index contributed by atoms with van der Waals surface area (Å²) < 4.78 is 4.98. The van der Waals surface area contributed by atoms with E-state index < -0.39 is 16.8 Å². The van der Waals surface area contributed by atoms with E-state index in [0.29, 0.717) is 30.6 Å². The van der Waals surface area contributed by atoms with Crippen LogP contribution in [0.25, 0.3) is 0 Å². The molecule has 0 atom stereocenters. The van der Waals surface area contributed by atoms with E-state index in [4.69, 9.17) is 4.74 Å². The molecular weight excluding hydrogens is 402 g/mol. The first kappa shape index (κ1) is 21.9. The van der Waals surface area contributed by atoms with Crippen LogP contribution in [-0.4, -0.2) is 47.4 Å². The van der Waals surface area contributed by atoms with Gasteiger partial charge in [0.05, 0.1) is 17.1 Å². The number of hydrogen-bond donors (Lipinski definition) is 0. The van der Waals surface area contributed by atoms with Gasteiger partial charge < -0.3 is 9.64 Å². The van der Waals surface area contributed by atoms with Crippen molar-refractivity contribution in [2.45, 2.75) is 26.7 Å². The highest BCUT2D eigenvalue weighted by atomic mass is 16.6. The largest absolute Gasteiger partial charge is 0.462 e. The van der Waals surface area contributed by atoms with E-state index in [9.17, 15) is 24.5 Å². The Morgan fingerprint density at radius 1 is 1.19 bits per heavy atom. The summed E-state index contributed by atoms with van der Waals surface area (Å²) in [6.07, 6.45) is 1.12. The van der Waals surface area contributed by atoms with E-state index in [0.717, 1.165) is 0 Å². The molecule has 1 aliphatic heterocycles. The Hall–Kier alpha value is -3.75. The van der Waals surface area contributed by atoms with Crippen molar-refractivity contribution in [1.29, 1.82) is 0 Å². The van der Waals surface area contributed by atoms with Gasteiger partial charge in [0.25, 0.3) is 11.6 Å². The van der Waals surface area contributed by atoms with Crippen LogP contribution < -0.4 is 4.90 Å². The number of nitro groups is 1. The first-order valence-corrected chi connectivity index (χ1v) is 9.94. The van der Waals surface area contributed by atoms with Gasteiger partial charge in [0.1, 0.15) is 6.67 Å². The third-order valence-electron chi connectivity index (χ3n) is 5.15. The average Bonchev–Trinajstić information content (AvgIpc) is 3.16. The van der Waals surface area contributed by atoms with Gasteiger partial charge in [0.15, 0.2) is 0 Å². The van der Waals surface area contributed by atoms with E-state index in [-0.39, 0.29) is 36.0 Å². The number of carbonyl (C=O) groups is 3. The Morgan fingerprint density at radius 2 is 1.90 bits per heavy atom. The van der Waals surface area contributed by atoms with Crippen LogP contribution in [0.2, 0.25) is 0 Å². The van der Waals surface area contributed by atoms with Crippen LogP contribution >= 0.6 is 0 Å². The van der Waals surface area contributed by atoms with Crippen LogP contribution in [0, 0.1) is 17.0 Å². The first-order valence-electron chi connectivity index (χ1n) is 9.94. The van der Waals surface area contributed by atoms with Gasteiger partial charge in [-0.05, 0) is 50.6 Å². The topological polar surface area (TPSA) is 110 Å². The first-order chi connectivity index (χ1) is 14.8. The van der Waals surface area contributed by atoms with Crippen molar-refractivity contribution in [2.75, 3.05) is 24.7 Å². The number of anilines is 1. The zero-order valence-corrected chi connectivity index (χ0v) is 17.4. The zero-order valence-electron chi connectivity index (χ0n) is 17.4. The second kappa shape index (κ2) is 9.38. The molecule has 0 radical (unpaired) electrons. The minimum Gasteiger partial charge on any atom is -0.462 e.